The van der Waals surface area contributed by atoms with Crippen LogP contribution in [0.15, 0.2) is 0 Å². The summed E-state index contributed by atoms with van der Waals surface area (Å²) in [5, 5.41) is 0. The molecular formula is C10H28O2Si3. The fraction of sp³-hybridized carbons (Fsp3) is 1.00. The summed E-state index contributed by atoms with van der Waals surface area (Å²) in [6.07, 6.45) is 1.17. The predicted octanol–water partition coefficient (Wildman–Crippen LogP) is 3.71. The van der Waals surface area contributed by atoms with E-state index in [0.29, 0.717) is 5.54 Å². The van der Waals surface area contributed by atoms with Crippen LogP contribution in [0.3, 0.4) is 0 Å². The minimum atomic E-state index is -1.45. The van der Waals surface area contributed by atoms with Crippen LogP contribution in [-0.2, 0) is 8.23 Å². The van der Waals surface area contributed by atoms with E-state index in [1.165, 1.54) is 6.42 Å². The van der Waals surface area contributed by atoms with Gasteiger partial charge >= 0.3 is 9.28 Å². The lowest BCUT2D eigenvalue weighted by atomic mass is 10.4. The fourth-order valence-corrected chi connectivity index (χ4v) is 9.59. The molecule has 0 aliphatic heterocycles. The molecule has 0 fully saturated rings. The zero-order valence-corrected chi connectivity index (χ0v) is 14.8. The lowest BCUT2D eigenvalue weighted by Crippen LogP contribution is -2.45. The van der Waals surface area contributed by atoms with Crippen molar-refractivity contribution < 1.29 is 8.23 Å². The molecule has 1 unspecified atom stereocenters. The van der Waals surface area contributed by atoms with Crippen molar-refractivity contribution >= 4 is 25.9 Å². The third-order valence-electron chi connectivity index (χ3n) is 2.05. The van der Waals surface area contributed by atoms with Crippen molar-refractivity contribution in [2.75, 3.05) is 0 Å². The maximum atomic E-state index is 6.26. The highest BCUT2D eigenvalue weighted by molar-refractivity contribution is 6.81. The van der Waals surface area contributed by atoms with E-state index in [-0.39, 0.29) is 0 Å². The Morgan fingerprint density at radius 2 is 1.27 bits per heavy atom. The first kappa shape index (κ1) is 15.6. The summed E-state index contributed by atoms with van der Waals surface area (Å²) in [4.78, 5) is 0. The van der Waals surface area contributed by atoms with E-state index < -0.39 is 25.9 Å². The molecule has 0 amide bonds. The summed E-state index contributed by atoms with van der Waals surface area (Å²) in [6, 6.07) is 0. The molecule has 2 nitrogen and oxygen atoms in total. The topological polar surface area (TPSA) is 18.5 Å². The van der Waals surface area contributed by atoms with Crippen LogP contribution in [0.2, 0.25) is 44.8 Å². The summed E-state index contributed by atoms with van der Waals surface area (Å²) in [7, 11) is -4.33. The maximum absolute atomic E-state index is 6.26. The highest BCUT2D eigenvalue weighted by atomic mass is 28.4. The van der Waals surface area contributed by atoms with Crippen LogP contribution in [0.5, 0.6) is 0 Å². The normalized spacial score (nSPS) is 15.8. The molecule has 0 aromatic heterocycles. The standard InChI is InChI=1S/C10H28O2Si3/c1-9-10(2)13(11-14(3,4)5)12-15(6,7)8/h10,13H,9H2,1-8H3. The van der Waals surface area contributed by atoms with Gasteiger partial charge in [0.25, 0.3) is 0 Å². The van der Waals surface area contributed by atoms with E-state index in [0.717, 1.165) is 0 Å². The molecular weight excluding hydrogens is 236 g/mol. The Hall–Kier alpha value is 0.571. The van der Waals surface area contributed by atoms with Crippen LogP contribution in [0.25, 0.3) is 0 Å². The van der Waals surface area contributed by atoms with Crippen molar-refractivity contribution in [3.05, 3.63) is 0 Å². The van der Waals surface area contributed by atoms with Crippen LogP contribution in [0.4, 0.5) is 0 Å². The van der Waals surface area contributed by atoms with E-state index in [1.54, 1.807) is 0 Å². The summed E-state index contributed by atoms with van der Waals surface area (Å²) >= 11 is 0. The molecule has 0 aromatic carbocycles. The molecule has 0 heterocycles. The molecule has 0 radical (unpaired) electrons. The van der Waals surface area contributed by atoms with Crippen LogP contribution < -0.4 is 0 Å². The van der Waals surface area contributed by atoms with Gasteiger partial charge in [-0.25, -0.2) is 0 Å². The third-order valence-corrected chi connectivity index (χ3v) is 11.0. The lowest BCUT2D eigenvalue weighted by Gasteiger charge is -2.33. The van der Waals surface area contributed by atoms with Gasteiger partial charge in [0.2, 0.25) is 0 Å². The van der Waals surface area contributed by atoms with Crippen LogP contribution in [-0.4, -0.2) is 25.9 Å². The second-order valence-electron chi connectivity index (χ2n) is 6.21. The number of rotatable bonds is 6. The van der Waals surface area contributed by atoms with Crippen molar-refractivity contribution in [3.8, 4) is 0 Å². The van der Waals surface area contributed by atoms with Gasteiger partial charge in [-0.2, -0.15) is 0 Å². The van der Waals surface area contributed by atoms with Gasteiger partial charge in [0.15, 0.2) is 16.6 Å². The second-order valence-corrected chi connectivity index (χ2v) is 18.4. The van der Waals surface area contributed by atoms with Gasteiger partial charge in [0, 0.05) is 0 Å². The molecule has 0 N–H and O–H groups in total. The van der Waals surface area contributed by atoms with Crippen molar-refractivity contribution in [1.29, 1.82) is 0 Å². The van der Waals surface area contributed by atoms with Gasteiger partial charge < -0.3 is 8.23 Å². The Balaban J connectivity index is 4.46. The summed E-state index contributed by atoms with van der Waals surface area (Å²) in [5.74, 6) is 0. The molecule has 0 aromatic rings. The van der Waals surface area contributed by atoms with E-state index in [4.69, 9.17) is 8.23 Å². The Kier molecular flexibility index (Phi) is 5.99. The van der Waals surface area contributed by atoms with Gasteiger partial charge in [-0.1, -0.05) is 20.3 Å². The zero-order chi connectivity index (χ0) is 12.3. The quantitative estimate of drug-likeness (QED) is 0.681. The van der Waals surface area contributed by atoms with Crippen molar-refractivity contribution in [3.63, 3.8) is 0 Å². The van der Waals surface area contributed by atoms with E-state index in [2.05, 4.69) is 53.1 Å². The highest BCUT2D eigenvalue weighted by Gasteiger charge is 2.31. The Bertz CT molecular complexity index is 168. The Labute approximate surface area is 99.5 Å². The number of hydrogen-bond donors (Lipinski definition) is 0. The van der Waals surface area contributed by atoms with Crippen LogP contribution >= 0.6 is 0 Å². The molecule has 0 bridgehead atoms. The first-order valence-electron chi connectivity index (χ1n) is 5.91. The highest BCUT2D eigenvalue weighted by Crippen LogP contribution is 2.22. The van der Waals surface area contributed by atoms with Gasteiger partial charge in [0.1, 0.15) is 0 Å². The SMILES string of the molecule is CCC(C)[SiH](O[Si](C)(C)C)O[Si](C)(C)C. The average molecular weight is 265 g/mol. The van der Waals surface area contributed by atoms with Gasteiger partial charge in [-0.3, -0.25) is 0 Å². The zero-order valence-electron chi connectivity index (χ0n) is 11.7. The average Bonchev–Trinajstić information content (AvgIpc) is 1.96. The minimum absolute atomic E-state index is 0.628. The molecule has 0 saturated carbocycles. The van der Waals surface area contributed by atoms with Crippen molar-refractivity contribution in [2.24, 2.45) is 0 Å². The summed E-state index contributed by atoms with van der Waals surface area (Å²) in [6.45, 7) is 18.0. The number of hydrogen-bond acceptors (Lipinski definition) is 2. The van der Waals surface area contributed by atoms with E-state index >= 15 is 0 Å². The maximum Gasteiger partial charge on any atom is 0.303 e. The Morgan fingerprint density at radius 1 is 0.933 bits per heavy atom. The van der Waals surface area contributed by atoms with Crippen LogP contribution in [0.1, 0.15) is 20.3 Å². The first-order chi connectivity index (χ1) is 6.55. The van der Waals surface area contributed by atoms with Gasteiger partial charge in [0.05, 0.1) is 0 Å². The largest absolute Gasteiger partial charge is 0.439 e. The predicted molar refractivity (Wildman–Crippen MR) is 75.7 cm³/mol. The molecule has 92 valence electrons. The van der Waals surface area contributed by atoms with Gasteiger partial charge in [-0.05, 0) is 44.8 Å². The van der Waals surface area contributed by atoms with Crippen molar-refractivity contribution in [2.45, 2.75) is 65.1 Å². The van der Waals surface area contributed by atoms with Crippen LogP contribution in [0, 0.1) is 0 Å². The minimum Gasteiger partial charge on any atom is -0.439 e. The first-order valence-corrected chi connectivity index (χ1v) is 14.3. The molecule has 1 atom stereocenters. The molecule has 0 spiro atoms. The smallest absolute Gasteiger partial charge is 0.303 e. The van der Waals surface area contributed by atoms with Gasteiger partial charge in [-0.15, -0.1) is 0 Å². The summed E-state index contributed by atoms with van der Waals surface area (Å²) < 4.78 is 12.5. The fourth-order valence-electron chi connectivity index (χ4n) is 1.15. The van der Waals surface area contributed by atoms with Crippen molar-refractivity contribution in [1.82, 2.24) is 0 Å². The second kappa shape index (κ2) is 5.77. The third kappa shape index (κ3) is 8.39. The Morgan fingerprint density at radius 3 is 1.47 bits per heavy atom. The molecule has 0 saturated heterocycles. The molecule has 15 heavy (non-hydrogen) atoms. The molecule has 0 aliphatic carbocycles. The molecule has 0 aliphatic rings. The monoisotopic (exact) mass is 264 g/mol. The molecule has 0 rings (SSSR count). The van der Waals surface area contributed by atoms with E-state index in [9.17, 15) is 0 Å². The lowest BCUT2D eigenvalue weighted by molar-refractivity contribution is 0.398. The summed E-state index contributed by atoms with van der Waals surface area (Å²) in [5.41, 5.74) is 0.628. The van der Waals surface area contributed by atoms with E-state index in [1.807, 2.05) is 0 Å². The molecule has 5 heteroatoms.